The quantitative estimate of drug-likeness (QED) is 0.361. The van der Waals surface area contributed by atoms with E-state index < -0.39 is 0 Å². The Morgan fingerprint density at radius 3 is 2.21 bits per heavy atom. The van der Waals surface area contributed by atoms with Crippen LogP contribution < -0.4 is 0 Å². The lowest BCUT2D eigenvalue weighted by Crippen LogP contribution is -2.48. The third kappa shape index (κ3) is 4.92. The lowest BCUT2D eigenvalue weighted by molar-refractivity contribution is -0.193. The van der Waals surface area contributed by atoms with Gasteiger partial charge in [-0.05, 0) is 54.7 Å². The lowest BCUT2D eigenvalue weighted by atomic mass is 9.78. The van der Waals surface area contributed by atoms with E-state index >= 15 is 0 Å². The number of allylic oxidation sites excluding steroid dienone is 2. The van der Waals surface area contributed by atoms with Gasteiger partial charge in [-0.25, -0.2) is 0 Å². The van der Waals surface area contributed by atoms with Crippen molar-refractivity contribution in [1.29, 1.82) is 0 Å². The van der Waals surface area contributed by atoms with Crippen molar-refractivity contribution < 1.29 is 24.0 Å². The van der Waals surface area contributed by atoms with E-state index in [2.05, 4.69) is 72.4 Å². The largest absolute Gasteiger partial charge is 0.373 e. The van der Waals surface area contributed by atoms with Crippen molar-refractivity contribution in [3.63, 3.8) is 0 Å². The van der Waals surface area contributed by atoms with Gasteiger partial charge in [-0.2, -0.15) is 19.2 Å². The SMILES string of the molecule is CC1=CC(C(=O)c2ccccc2-c2ccccc2)=CN2CCc3c([nH]c4ccccc34)C12C.O=C=O.O=C=O. The normalized spacial score (nSPS) is 16.9. The lowest BCUT2D eigenvalue weighted by Gasteiger charge is -2.47. The number of Topliss-reactive ketones (excluding diaryl/α,β-unsaturated/α-hetero) is 1. The molecule has 194 valence electrons. The van der Waals surface area contributed by atoms with Crippen molar-refractivity contribution in [2.75, 3.05) is 6.54 Å². The Kier molecular flexibility index (Phi) is 7.97. The van der Waals surface area contributed by atoms with Gasteiger partial charge in [0.1, 0.15) is 0 Å². The van der Waals surface area contributed by atoms with E-state index in [0.29, 0.717) is 0 Å². The van der Waals surface area contributed by atoms with Crippen molar-refractivity contribution in [2.45, 2.75) is 25.8 Å². The third-order valence-corrected chi connectivity index (χ3v) is 7.43. The van der Waals surface area contributed by atoms with Crippen LogP contribution in [0, 0.1) is 0 Å². The number of carbonyl (C=O) groups excluding carboxylic acids is 5. The van der Waals surface area contributed by atoms with Crippen LogP contribution in [0.15, 0.2) is 102 Å². The van der Waals surface area contributed by atoms with Gasteiger partial charge in [-0.15, -0.1) is 0 Å². The van der Waals surface area contributed by atoms with Gasteiger partial charge in [0, 0.05) is 40.5 Å². The summed E-state index contributed by atoms with van der Waals surface area (Å²) in [7, 11) is 0. The van der Waals surface area contributed by atoms with Gasteiger partial charge < -0.3 is 9.88 Å². The molecule has 1 N–H and O–H groups in total. The van der Waals surface area contributed by atoms with Crippen LogP contribution in [0.3, 0.4) is 0 Å². The van der Waals surface area contributed by atoms with E-state index in [1.165, 1.54) is 27.7 Å². The number of fused-ring (bicyclic) bond motifs is 5. The first-order valence-corrected chi connectivity index (χ1v) is 12.4. The summed E-state index contributed by atoms with van der Waals surface area (Å²) in [6.45, 7) is 5.30. The smallest absolute Gasteiger partial charge is 0.362 e. The highest BCUT2D eigenvalue weighted by Gasteiger charge is 2.43. The first-order valence-electron chi connectivity index (χ1n) is 12.4. The van der Waals surface area contributed by atoms with Gasteiger partial charge in [0.15, 0.2) is 5.78 Å². The molecule has 0 amide bonds. The van der Waals surface area contributed by atoms with Gasteiger partial charge in [0.05, 0.1) is 5.54 Å². The van der Waals surface area contributed by atoms with Crippen molar-refractivity contribution in [2.24, 2.45) is 0 Å². The Morgan fingerprint density at radius 2 is 1.49 bits per heavy atom. The molecule has 4 aromatic rings. The molecule has 0 radical (unpaired) electrons. The molecular weight excluding hydrogens is 492 g/mol. The average molecular weight is 519 g/mol. The van der Waals surface area contributed by atoms with Crippen molar-refractivity contribution in [1.82, 2.24) is 9.88 Å². The highest BCUT2D eigenvalue weighted by Crippen LogP contribution is 2.46. The standard InChI is InChI=1S/C30H26N2O.2CO2/c1-20-18-22(28(33)25-14-7-6-12-23(25)21-10-4-3-5-11-21)19-32-17-16-26-24-13-8-9-15-27(24)31-29(26)30(20,32)2;2*2-1-3/h3-15,18-19,31H,16-17H2,1-2H3;;. The molecule has 2 aliphatic rings. The van der Waals surface area contributed by atoms with Gasteiger partial charge in [0.25, 0.3) is 0 Å². The summed E-state index contributed by atoms with van der Waals surface area (Å²) in [5.41, 5.74) is 8.24. The highest BCUT2D eigenvalue weighted by molar-refractivity contribution is 6.14. The molecule has 0 spiro atoms. The zero-order valence-corrected chi connectivity index (χ0v) is 21.6. The van der Waals surface area contributed by atoms with Gasteiger partial charge in [-0.3, -0.25) is 4.79 Å². The van der Waals surface area contributed by atoms with Crippen LogP contribution in [0.2, 0.25) is 0 Å². The van der Waals surface area contributed by atoms with Crippen LogP contribution in [-0.4, -0.2) is 34.5 Å². The number of rotatable bonds is 3. The topological polar surface area (TPSA) is 104 Å². The minimum absolute atomic E-state index is 0.0679. The number of carbonyl (C=O) groups is 1. The van der Waals surface area contributed by atoms with Crippen LogP contribution in [0.4, 0.5) is 0 Å². The maximum atomic E-state index is 13.8. The summed E-state index contributed by atoms with van der Waals surface area (Å²) in [6.07, 6.45) is 5.62. The van der Waals surface area contributed by atoms with E-state index in [9.17, 15) is 4.79 Å². The molecule has 0 saturated carbocycles. The number of para-hydroxylation sites is 1. The Hall–Kier alpha value is -5.09. The number of aromatic amines is 1. The molecule has 0 fully saturated rings. The van der Waals surface area contributed by atoms with Crippen LogP contribution >= 0.6 is 0 Å². The van der Waals surface area contributed by atoms with Gasteiger partial charge in [0.2, 0.25) is 0 Å². The molecule has 3 aromatic carbocycles. The third-order valence-electron chi connectivity index (χ3n) is 7.43. The highest BCUT2D eigenvalue weighted by atomic mass is 16.2. The monoisotopic (exact) mass is 518 g/mol. The summed E-state index contributed by atoms with van der Waals surface area (Å²) in [5, 5.41) is 1.31. The Labute approximate surface area is 225 Å². The summed E-state index contributed by atoms with van der Waals surface area (Å²) < 4.78 is 0. The zero-order valence-electron chi connectivity index (χ0n) is 21.6. The van der Waals surface area contributed by atoms with Crippen LogP contribution in [0.1, 0.15) is 35.5 Å². The minimum Gasteiger partial charge on any atom is -0.362 e. The van der Waals surface area contributed by atoms with Crippen LogP contribution in [0.25, 0.3) is 22.0 Å². The molecular formula is C32H26N2O5. The number of ketones is 1. The number of H-pyrrole nitrogens is 1. The van der Waals surface area contributed by atoms with E-state index in [1.54, 1.807) is 0 Å². The number of hydrogen-bond donors (Lipinski definition) is 1. The predicted molar refractivity (Wildman–Crippen MR) is 144 cm³/mol. The van der Waals surface area contributed by atoms with Crippen molar-refractivity contribution >= 4 is 29.0 Å². The molecule has 2 aliphatic heterocycles. The molecule has 1 atom stereocenters. The molecule has 0 bridgehead atoms. The maximum absolute atomic E-state index is 13.8. The number of aromatic nitrogens is 1. The molecule has 7 nitrogen and oxygen atoms in total. The van der Waals surface area contributed by atoms with Crippen LogP contribution in [-0.2, 0) is 31.1 Å². The second kappa shape index (κ2) is 11.5. The molecule has 0 aliphatic carbocycles. The molecule has 6 rings (SSSR count). The summed E-state index contributed by atoms with van der Waals surface area (Å²) in [4.78, 5) is 52.3. The first kappa shape index (κ1) is 27.0. The summed E-state index contributed by atoms with van der Waals surface area (Å²) in [5.74, 6) is 0.0679. The molecule has 7 heteroatoms. The minimum atomic E-state index is -0.282. The number of benzene rings is 3. The summed E-state index contributed by atoms with van der Waals surface area (Å²) >= 11 is 0. The fourth-order valence-electron chi connectivity index (χ4n) is 5.50. The molecule has 0 saturated heterocycles. The van der Waals surface area contributed by atoms with Crippen molar-refractivity contribution in [3.05, 3.63) is 119 Å². The average Bonchev–Trinajstić information content (AvgIpc) is 3.35. The fraction of sp³-hybridized carbons (Fsp3) is 0.156. The second-order valence-corrected chi connectivity index (χ2v) is 9.36. The number of hydrogen-bond acceptors (Lipinski definition) is 6. The predicted octanol–water partition coefficient (Wildman–Crippen LogP) is 5.47. The van der Waals surface area contributed by atoms with E-state index in [1.807, 2.05) is 42.5 Å². The fourth-order valence-corrected chi connectivity index (χ4v) is 5.50. The van der Waals surface area contributed by atoms with Gasteiger partial charge in [-0.1, -0.05) is 72.8 Å². The molecule has 3 heterocycles. The molecule has 1 unspecified atom stereocenters. The summed E-state index contributed by atoms with van der Waals surface area (Å²) in [6, 6.07) is 26.6. The van der Waals surface area contributed by atoms with Crippen LogP contribution in [0.5, 0.6) is 0 Å². The molecule has 39 heavy (non-hydrogen) atoms. The van der Waals surface area contributed by atoms with E-state index in [0.717, 1.165) is 35.2 Å². The zero-order chi connectivity index (χ0) is 28.0. The first-order chi connectivity index (χ1) is 18.9. The van der Waals surface area contributed by atoms with Gasteiger partial charge >= 0.3 is 12.3 Å². The number of nitrogens with one attached hydrogen (secondary N) is 1. The maximum Gasteiger partial charge on any atom is 0.373 e. The molecule has 1 aromatic heterocycles. The Morgan fingerprint density at radius 1 is 0.872 bits per heavy atom. The number of nitrogens with zero attached hydrogens (tertiary/aromatic N) is 1. The van der Waals surface area contributed by atoms with E-state index in [-0.39, 0.29) is 23.6 Å². The van der Waals surface area contributed by atoms with Crippen molar-refractivity contribution in [3.8, 4) is 11.1 Å². The Balaban J connectivity index is 0.000000541. The second-order valence-electron chi connectivity index (χ2n) is 9.36. The van der Waals surface area contributed by atoms with E-state index in [4.69, 9.17) is 19.2 Å². The Bertz CT molecular complexity index is 1640.